The van der Waals surface area contributed by atoms with Crippen molar-refractivity contribution in [2.24, 2.45) is 12.5 Å². The van der Waals surface area contributed by atoms with Crippen molar-refractivity contribution in [1.29, 1.82) is 5.26 Å². The smallest absolute Gasteiger partial charge is 0.240 e. The summed E-state index contributed by atoms with van der Waals surface area (Å²) in [7, 11) is 1.92. The first-order chi connectivity index (χ1) is 8.59. The summed E-state index contributed by atoms with van der Waals surface area (Å²) in [5, 5.41) is 12.0. The van der Waals surface area contributed by atoms with Crippen molar-refractivity contribution in [3.05, 3.63) is 18.2 Å². The van der Waals surface area contributed by atoms with Crippen LogP contribution in [0.1, 0.15) is 32.5 Å². The van der Waals surface area contributed by atoms with E-state index in [1.54, 1.807) is 6.20 Å². The van der Waals surface area contributed by atoms with Gasteiger partial charge in [-0.05, 0) is 12.8 Å². The monoisotopic (exact) mass is 248 g/mol. The molecule has 0 aromatic carbocycles. The van der Waals surface area contributed by atoms with Gasteiger partial charge in [0.1, 0.15) is 11.2 Å². The topological polar surface area (TPSA) is 70.7 Å². The number of aromatic nitrogens is 2. The van der Waals surface area contributed by atoms with Crippen LogP contribution < -0.4 is 5.32 Å². The van der Waals surface area contributed by atoms with Crippen molar-refractivity contribution in [3.8, 4) is 6.07 Å². The van der Waals surface area contributed by atoms with Gasteiger partial charge in [-0.15, -0.1) is 0 Å². The van der Waals surface area contributed by atoms with Crippen LogP contribution in [-0.2, 0) is 18.3 Å². The van der Waals surface area contributed by atoms with Crippen LogP contribution in [0, 0.1) is 16.7 Å². The predicted octanol–water partition coefficient (Wildman–Crippen LogP) is 1.41. The summed E-state index contributed by atoms with van der Waals surface area (Å²) in [5.41, 5.74) is -0.887. The van der Waals surface area contributed by atoms with Gasteiger partial charge in [-0.2, -0.15) is 5.26 Å². The van der Waals surface area contributed by atoms with Crippen molar-refractivity contribution in [3.63, 3.8) is 0 Å². The fourth-order valence-electron chi connectivity index (χ4n) is 1.87. The van der Waals surface area contributed by atoms with E-state index in [1.807, 2.05) is 31.7 Å². The largest absolute Gasteiger partial charge is 0.354 e. The second-order valence-electron chi connectivity index (χ2n) is 4.36. The van der Waals surface area contributed by atoms with Crippen molar-refractivity contribution >= 4 is 5.91 Å². The number of aryl methyl sites for hydroxylation is 1. The lowest BCUT2D eigenvalue weighted by atomic mass is 9.83. The van der Waals surface area contributed by atoms with Crippen LogP contribution in [0.4, 0.5) is 0 Å². The van der Waals surface area contributed by atoms with Crippen molar-refractivity contribution in [2.75, 3.05) is 6.54 Å². The van der Waals surface area contributed by atoms with Gasteiger partial charge >= 0.3 is 0 Å². The number of hydrogen-bond acceptors (Lipinski definition) is 3. The van der Waals surface area contributed by atoms with Crippen LogP contribution in [0.3, 0.4) is 0 Å². The van der Waals surface area contributed by atoms with Crippen LogP contribution in [-0.4, -0.2) is 22.0 Å². The molecule has 0 aliphatic carbocycles. The number of hydrogen-bond donors (Lipinski definition) is 1. The maximum atomic E-state index is 12.0. The first kappa shape index (κ1) is 14.2. The minimum Gasteiger partial charge on any atom is -0.354 e. The summed E-state index contributed by atoms with van der Waals surface area (Å²) >= 11 is 0. The molecule has 1 rings (SSSR count). The lowest BCUT2D eigenvalue weighted by Gasteiger charge is -2.21. The molecule has 0 atom stereocenters. The molecule has 0 aliphatic heterocycles. The van der Waals surface area contributed by atoms with Crippen LogP contribution in [0.2, 0.25) is 0 Å². The highest BCUT2D eigenvalue weighted by atomic mass is 16.2. The Bertz CT molecular complexity index is 440. The molecule has 1 amide bonds. The molecule has 1 heterocycles. The minimum absolute atomic E-state index is 0.177. The third-order valence-corrected chi connectivity index (χ3v) is 3.41. The molecule has 0 saturated heterocycles. The summed E-state index contributed by atoms with van der Waals surface area (Å²) in [6.45, 7) is 4.24. The second-order valence-corrected chi connectivity index (χ2v) is 4.36. The summed E-state index contributed by atoms with van der Waals surface area (Å²) < 4.78 is 1.92. The number of amides is 1. The van der Waals surface area contributed by atoms with E-state index >= 15 is 0 Å². The van der Waals surface area contributed by atoms with E-state index in [2.05, 4.69) is 16.4 Å². The van der Waals surface area contributed by atoms with Gasteiger partial charge in [0.2, 0.25) is 5.91 Å². The summed E-state index contributed by atoms with van der Waals surface area (Å²) in [5.74, 6) is 0.745. The van der Waals surface area contributed by atoms with Gasteiger partial charge in [0, 0.05) is 32.4 Å². The van der Waals surface area contributed by atoms with Crippen molar-refractivity contribution < 1.29 is 4.79 Å². The maximum Gasteiger partial charge on any atom is 0.240 e. The highest BCUT2D eigenvalue weighted by Gasteiger charge is 2.34. The molecule has 0 spiro atoms. The molecule has 0 saturated carbocycles. The van der Waals surface area contributed by atoms with Gasteiger partial charge in [-0.1, -0.05) is 13.8 Å². The number of nitrogens with zero attached hydrogens (tertiary/aromatic N) is 3. The standard InChI is InChI=1S/C13H20N4O/c1-4-13(5-2,10-14)12(18)16-7-6-11-15-8-9-17(11)3/h8-9H,4-7H2,1-3H3,(H,16,18). The van der Waals surface area contributed by atoms with Gasteiger partial charge in [0.25, 0.3) is 0 Å². The Labute approximate surface area is 108 Å². The number of nitriles is 1. The molecule has 0 bridgehead atoms. The molecule has 0 unspecified atom stereocenters. The van der Waals surface area contributed by atoms with Crippen molar-refractivity contribution in [2.45, 2.75) is 33.1 Å². The third kappa shape index (κ3) is 2.89. The van der Waals surface area contributed by atoms with Gasteiger partial charge in [-0.3, -0.25) is 4.79 Å². The van der Waals surface area contributed by atoms with E-state index in [0.717, 1.165) is 5.82 Å². The Hall–Kier alpha value is -1.83. The normalized spacial score (nSPS) is 11.0. The van der Waals surface area contributed by atoms with Crippen LogP contribution in [0.5, 0.6) is 0 Å². The number of rotatable bonds is 6. The molecule has 5 heteroatoms. The first-order valence-electron chi connectivity index (χ1n) is 6.25. The number of carbonyl (C=O) groups is 1. The van der Waals surface area contributed by atoms with E-state index in [4.69, 9.17) is 5.26 Å². The fraction of sp³-hybridized carbons (Fsp3) is 0.615. The van der Waals surface area contributed by atoms with Crippen LogP contribution in [0.25, 0.3) is 0 Å². The average Bonchev–Trinajstić information content (AvgIpc) is 2.78. The number of carbonyl (C=O) groups excluding carboxylic acids is 1. The van der Waals surface area contributed by atoms with Gasteiger partial charge < -0.3 is 9.88 Å². The number of imidazole rings is 1. The number of nitrogens with one attached hydrogen (secondary N) is 1. The van der Waals surface area contributed by atoms with Crippen LogP contribution in [0.15, 0.2) is 12.4 Å². The summed E-state index contributed by atoms with van der Waals surface area (Å²) in [6.07, 6.45) is 5.34. The molecule has 18 heavy (non-hydrogen) atoms. The Kier molecular flexibility index (Phi) is 4.90. The molecular weight excluding hydrogens is 228 g/mol. The Balaban J connectivity index is 2.51. The quantitative estimate of drug-likeness (QED) is 0.827. The zero-order chi connectivity index (χ0) is 13.6. The summed E-state index contributed by atoms with van der Waals surface area (Å²) in [6, 6.07) is 2.14. The highest BCUT2D eigenvalue weighted by Crippen LogP contribution is 2.25. The molecule has 0 aliphatic rings. The van der Waals surface area contributed by atoms with Gasteiger partial charge in [-0.25, -0.2) is 4.98 Å². The van der Waals surface area contributed by atoms with Gasteiger partial charge in [0.15, 0.2) is 0 Å². The molecular formula is C13H20N4O. The summed E-state index contributed by atoms with van der Waals surface area (Å²) in [4.78, 5) is 16.2. The maximum absolute atomic E-state index is 12.0. The Morgan fingerprint density at radius 2 is 2.22 bits per heavy atom. The molecule has 1 N–H and O–H groups in total. The lowest BCUT2D eigenvalue weighted by Crippen LogP contribution is -2.40. The molecule has 0 radical (unpaired) electrons. The van der Waals surface area contributed by atoms with Gasteiger partial charge in [0.05, 0.1) is 6.07 Å². The van der Waals surface area contributed by atoms with Crippen molar-refractivity contribution in [1.82, 2.24) is 14.9 Å². The van der Waals surface area contributed by atoms with E-state index in [1.165, 1.54) is 0 Å². The molecule has 5 nitrogen and oxygen atoms in total. The lowest BCUT2D eigenvalue weighted by molar-refractivity contribution is -0.128. The Morgan fingerprint density at radius 1 is 1.56 bits per heavy atom. The second kappa shape index (κ2) is 6.20. The third-order valence-electron chi connectivity index (χ3n) is 3.41. The first-order valence-corrected chi connectivity index (χ1v) is 6.25. The SMILES string of the molecule is CCC(C#N)(CC)C(=O)NCCc1nccn1C. The molecule has 1 aromatic rings. The highest BCUT2D eigenvalue weighted by molar-refractivity contribution is 5.85. The molecule has 0 fully saturated rings. The Morgan fingerprint density at radius 3 is 2.67 bits per heavy atom. The molecule has 98 valence electrons. The predicted molar refractivity (Wildman–Crippen MR) is 68.5 cm³/mol. The van der Waals surface area contributed by atoms with E-state index in [0.29, 0.717) is 25.8 Å². The van der Waals surface area contributed by atoms with Crippen LogP contribution >= 0.6 is 0 Å². The minimum atomic E-state index is -0.887. The zero-order valence-electron chi connectivity index (χ0n) is 11.2. The molecule has 1 aromatic heterocycles. The van der Waals surface area contributed by atoms with E-state index < -0.39 is 5.41 Å². The van der Waals surface area contributed by atoms with E-state index in [-0.39, 0.29) is 5.91 Å². The zero-order valence-corrected chi connectivity index (χ0v) is 11.2. The van der Waals surface area contributed by atoms with E-state index in [9.17, 15) is 4.79 Å². The average molecular weight is 248 g/mol. The fourth-order valence-corrected chi connectivity index (χ4v) is 1.87.